The summed E-state index contributed by atoms with van der Waals surface area (Å²) in [5.41, 5.74) is 5.58. The van der Waals surface area contributed by atoms with E-state index in [9.17, 15) is 0 Å². The van der Waals surface area contributed by atoms with Gasteiger partial charge in [-0.15, -0.1) is 11.3 Å². The Morgan fingerprint density at radius 2 is 1.10 bits per heavy atom. The summed E-state index contributed by atoms with van der Waals surface area (Å²) in [4.78, 5) is 15.4. The molecule has 8 rings (SSSR count). The van der Waals surface area contributed by atoms with Gasteiger partial charge in [-0.1, -0.05) is 109 Å². The van der Waals surface area contributed by atoms with Crippen molar-refractivity contribution in [3.8, 4) is 34.0 Å². The molecule has 0 spiro atoms. The highest BCUT2D eigenvalue weighted by Crippen LogP contribution is 2.43. The number of thiophene rings is 1. The molecule has 0 radical (unpaired) electrons. The maximum absolute atomic E-state index is 5.28. The number of pyridine rings is 1. The first-order valence-electron chi connectivity index (χ1n) is 13.0. The van der Waals surface area contributed by atoms with Crippen molar-refractivity contribution in [2.24, 2.45) is 0 Å². The van der Waals surface area contributed by atoms with E-state index in [1.54, 1.807) is 0 Å². The van der Waals surface area contributed by atoms with Gasteiger partial charge in [-0.25, -0.2) is 15.0 Å². The third-order valence-electron chi connectivity index (χ3n) is 7.28. The fraction of sp³-hybridized carbons (Fsp3) is 0. The van der Waals surface area contributed by atoms with Gasteiger partial charge >= 0.3 is 0 Å². The van der Waals surface area contributed by atoms with E-state index < -0.39 is 0 Å². The molecule has 0 saturated heterocycles. The van der Waals surface area contributed by atoms with Gasteiger partial charge in [-0.2, -0.15) is 0 Å². The van der Waals surface area contributed by atoms with Crippen molar-refractivity contribution in [1.29, 1.82) is 0 Å². The molecular weight excluding hydrogens is 494 g/mol. The Labute approximate surface area is 229 Å². The first kappa shape index (κ1) is 22.1. The molecular formula is C35H21N3S. The summed E-state index contributed by atoms with van der Waals surface area (Å²) in [6.45, 7) is 0. The lowest BCUT2D eigenvalue weighted by Gasteiger charge is -2.13. The van der Waals surface area contributed by atoms with E-state index in [0.29, 0.717) is 5.82 Å². The van der Waals surface area contributed by atoms with Gasteiger partial charge in [-0.05, 0) is 23.6 Å². The minimum absolute atomic E-state index is 0.693. The first-order valence-corrected chi connectivity index (χ1v) is 13.8. The fourth-order valence-electron chi connectivity index (χ4n) is 5.45. The predicted octanol–water partition coefficient (Wildman–Crippen LogP) is 9.55. The van der Waals surface area contributed by atoms with Crippen LogP contribution in [0.2, 0.25) is 0 Å². The normalized spacial score (nSPS) is 11.6. The summed E-state index contributed by atoms with van der Waals surface area (Å²) >= 11 is 1.83. The Kier molecular flexibility index (Phi) is 5.00. The number of para-hydroxylation sites is 1. The number of benzene rings is 5. The van der Waals surface area contributed by atoms with Crippen LogP contribution in [0.1, 0.15) is 0 Å². The monoisotopic (exact) mass is 515 g/mol. The Bertz CT molecular complexity index is 2110. The van der Waals surface area contributed by atoms with Gasteiger partial charge in [0.1, 0.15) is 0 Å². The van der Waals surface area contributed by atoms with Gasteiger partial charge in [0.15, 0.2) is 5.82 Å². The molecule has 0 aliphatic rings. The summed E-state index contributed by atoms with van der Waals surface area (Å²) in [6.07, 6.45) is 0. The average molecular weight is 516 g/mol. The molecule has 39 heavy (non-hydrogen) atoms. The first-order chi connectivity index (χ1) is 19.3. The van der Waals surface area contributed by atoms with Crippen molar-refractivity contribution in [3.05, 3.63) is 127 Å². The molecule has 0 aliphatic carbocycles. The molecule has 5 aromatic carbocycles. The minimum atomic E-state index is 0.693. The maximum Gasteiger partial charge on any atom is 0.160 e. The van der Waals surface area contributed by atoms with E-state index in [1.165, 1.54) is 25.6 Å². The second kappa shape index (κ2) is 8.83. The summed E-state index contributed by atoms with van der Waals surface area (Å²) in [6, 6.07) is 44.1. The second-order valence-corrected chi connectivity index (χ2v) is 10.7. The van der Waals surface area contributed by atoms with Crippen molar-refractivity contribution < 1.29 is 0 Å². The number of rotatable bonds is 3. The number of fused-ring (bicyclic) bond motifs is 7. The Morgan fingerprint density at radius 1 is 0.462 bits per heavy atom. The average Bonchev–Trinajstić information content (AvgIpc) is 3.40. The summed E-state index contributed by atoms with van der Waals surface area (Å²) in [5.74, 6) is 0.693. The van der Waals surface area contributed by atoms with Crippen molar-refractivity contribution in [2.75, 3.05) is 0 Å². The van der Waals surface area contributed by atoms with E-state index in [2.05, 4.69) is 84.9 Å². The van der Waals surface area contributed by atoms with Crippen LogP contribution in [-0.2, 0) is 0 Å². The highest BCUT2D eigenvalue weighted by molar-refractivity contribution is 7.26. The number of aromatic nitrogens is 3. The Balaban J connectivity index is 1.52. The SMILES string of the molecule is c1ccc(-c2cc(-c3nc4ccccc4c4ccc5c6ccccc6sc5c34)nc(-c3ccccc3)n2)cc1. The van der Waals surface area contributed by atoms with E-state index in [4.69, 9.17) is 15.0 Å². The van der Waals surface area contributed by atoms with Crippen LogP contribution in [0.4, 0.5) is 0 Å². The molecule has 0 unspecified atom stereocenters. The molecule has 8 aromatic rings. The molecule has 0 aliphatic heterocycles. The van der Waals surface area contributed by atoms with Crippen molar-refractivity contribution >= 4 is 53.2 Å². The van der Waals surface area contributed by atoms with Gasteiger partial charge in [-0.3, -0.25) is 0 Å². The van der Waals surface area contributed by atoms with Gasteiger partial charge in [0, 0.05) is 42.1 Å². The topological polar surface area (TPSA) is 38.7 Å². The molecule has 3 aromatic heterocycles. The molecule has 0 N–H and O–H groups in total. The zero-order chi connectivity index (χ0) is 25.8. The van der Waals surface area contributed by atoms with Crippen molar-refractivity contribution in [3.63, 3.8) is 0 Å². The van der Waals surface area contributed by atoms with Gasteiger partial charge in [0.05, 0.1) is 22.6 Å². The maximum atomic E-state index is 5.28. The van der Waals surface area contributed by atoms with Crippen LogP contribution in [-0.4, -0.2) is 15.0 Å². The molecule has 0 fully saturated rings. The number of nitrogens with zero attached hydrogens (tertiary/aromatic N) is 3. The smallest absolute Gasteiger partial charge is 0.160 e. The van der Waals surface area contributed by atoms with Gasteiger partial charge in [0.25, 0.3) is 0 Å². The molecule has 3 nitrogen and oxygen atoms in total. The predicted molar refractivity (Wildman–Crippen MR) is 164 cm³/mol. The van der Waals surface area contributed by atoms with Crippen molar-refractivity contribution in [1.82, 2.24) is 15.0 Å². The van der Waals surface area contributed by atoms with Crippen LogP contribution in [0, 0.1) is 0 Å². The zero-order valence-corrected chi connectivity index (χ0v) is 21.7. The van der Waals surface area contributed by atoms with Crippen LogP contribution in [0.5, 0.6) is 0 Å². The van der Waals surface area contributed by atoms with Gasteiger partial charge < -0.3 is 0 Å². The van der Waals surface area contributed by atoms with E-state index in [-0.39, 0.29) is 0 Å². The number of hydrogen-bond acceptors (Lipinski definition) is 4. The molecule has 3 heterocycles. The van der Waals surface area contributed by atoms with Crippen LogP contribution in [0.15, 0.2) is 127 Å². The highest BCUT2D eigenvalue weighted by atomic mass is 32.1. The van der Waals surface area contributed by atoms with E-state index >= 15 is 0 Å². The lowest BCUT2D eigenvalue weighted by molar-refractivity contribution is 1.17. The Hall–Kier alpha value is -4.93. The van der Waals surface area contributed by atoms with Crippen LogP contribution >= 0.6 is 11.3 Å². The molecule has 0 saturated carbocycles. The zero-order valence-electron chi connectivity index (χ0n) is 20.9. The molecule has 0 amide bonds. The summed E-state index contributed by atoms with van der Waals surface area (Å²) in [5, 5.41) is 6.01. The van der Waals surface area contributed by atoms with Crippen molar-refractivity contribution in [2.45, 2.75) is 0 Å². The lowest BCUT2D eigenvalue weighted by Crippen LogP contribution is -1.98. The molecule has 4 heteroatoms. The highest BCUT2D eigenvalue weighted by Gasteiger charge is 2.19. The van der Waals surface area contributed by atoms with E-state index in [0.717, 1.165) is 44.5 Å². The quantitative estimate of drug-likeness (QED) is 0.220. The molecule has 182 valence electrons. The standard InChI is InChI=1S/C35H21N3S/c1-3-11-22(12-4-1)29-21-30(38-35(37-29)23-13-5-2-6-14-23)33-32-26(24-15-7-9-17-28(24)36-33)19-20-27-25-16-8-10-18-31(25)39-34(27)32/h1-21H. The fourth-order valence-corrected chi connectivity index (χ4v) is 6.70. The third-order valence-corrected chi connectivity index (χ3v) is 8.48. The lowest BCUT2D eigenvalue weighted by atomic mass is 9.99. The number of hydrogen-bond donors (Lipinski definition) is 0. The second-order valence-electron chi connectivity index (χ2n) is 9.63. The summed E-state index contributed by atoms with van der Waals surface area (Å²) in [7, 11) is 0. The van der Waals surface area contributed by atoms with Gasteiger partial charge in [0.2, 0.25) is 0 Å². The minimum Gasteiger partial charge on any atom is -0.245 e. The van der Waals surface area contributed by atoms with Crippen LogP contribution in [0.25, 0.3) is 75.9 Å². The largest absolute Gasteiger partial charge is 0.245 e. The van der Waals surface area contributed by atoms with Crippen LogP contribution < -0.4 is 0 Å². The molecule has 0 bridgehead atoms. The van der Waals surface area contributed by atoms with E-state index in [1.807, 2.05) is 53.8 Å². The van der Waals surface area contributed by atoms with Crippen LogP contribution in [0.3, 0.4) is 0 Å². The molecule has 0 atom stereocenters. The summed E-state index contributed by atoms with van der Waals surface area (Å²) < 4.78 is 2.51. The Morgan fingerprint density at radius 3 is 1.92 bits per heavy atom. The third kappa shape index (κ3) is 3.61.